The molecule has 12 fully saturated rings. The molecule has 2 unspecified atom stereocenters. The molecule has 548 valence electrons. The van der Waals surface area contributed by atoms with Gasteiger partial charge in [0, 0.05) is 101 Å². The molecule has 4 saturated heterocycles. The third-order valence-electron chi connectivity index (χ3n) is 29.7. The van der Waals surface area contributed by atoms with Crippen LogP contribution in [0.15, 0.2) is 23.7 Å². The van der Waals surface area contributed by atoms with E-state index in [9.17, 15) is 68.1 Å². The Morgan fingerprint density at radius 3 is 1.34 bits per heavy atom. The molecule has 14 rings (SSSR count). The third-order valence-corrected chi connectivity index (χ3v) is 29.7. The Labute approximate surface area is 579 Å². The number of aliphatic hydroxyl groups is 3. The van der Waals surface area contributed by atoms with Gasteiger partial charge >= 0.3 is 53.7 Å². The molecule has 0 amide bonds. The lowest BCUT2D eigenvalue weighted by Gasteiger charge is -2.66. The van der Waals surface area contributed by atoms with E-state index < -0.39 is 181 Å². The van der Waals surface area contributed by atoms with Gasteiger partial charge in [-0.3, -0.25) is 43.2 Å². The van der Waals surface area contributed by atoms with Crippen LogP contribution in [0.25, 0.3) is 0 Å². The molecule has 0 aromatic carbocycles. The first-order valence-corrected chi connectivity index (χ1v) is 35.2. The zero-order valence-corrected chi connectivity index (χ0v) is 60.1. The van der Waals surface area contributed by atoms with Crippen LogP contribution >= 0.6 is 0 Å². The molecule has 8 saturated carbocycles. The Kier molecular flexibility index (Phi) is 17.9. The summed E-state index contributed by atoms with van der Waals surface area (Å²) in [5.41, 5.74) is -8.91. The van der Waals surface area contributed by atoms with Crippen molar-refractivity contribution in [2.24, 2.45) is 139 Å². The number of ether oxygens (including phenoxy) is 10. The first-order chi connectivity index (χ1) is 45.3. The summed E-state index contributed by atoms with van der Waals surface area (Å²) in [6, 6.07) is 0. The number of carbonyl (C=O) groups is 11. The molecule has 0 bridgehead atoms. The SMILES string of the molecule is C.CC(=O)OC(C)=O.CC(=O)O[C@@H]1[C@H]2[C@H]3C([C@H](C)[C@H](C)[C@]2(C)[C@@H]2[C@@H]1[C@]1(C)C(=C[C@H]2C)OC(=O)[C@@]1(C)OC(C)=O)[C@]1(C)[C@H](C[C@@H]2O[C@@H]2[C@@H]1OC(C)=O)C(=O)[C@@H]3OC(C)=O.CC(=O)O[C@H]1[C@H]2O[C@H]2C[C@@H]2C(=O)[C@H](O)[C@@H]3C([C@H](C)[C@H](C)[C@]4(C)[C@@H]5[C@@H]([C@H](O)[C@@H]34)[C@]3(C)C(=C[C@H]5C)OC(=O)[C@@]3(C)O)[C@]21C. The fourth-order valence-electron chi connectivity index (χ4n) is 25.5. The van der Waals surface area contributed by atoms with Crippen LogP contribution in [0.2, 0.25) is 0 Å². The van der Waals surface area contributed by atoms with Crippen molar-refractivity contribution in [2.45, 2.75) is 238 Å². The second kappa shape index (κ2) is 23.8. The highest BCUT2D eigenvalue weighted by atomic mass is 16.6. The number of hydrogen-bond acceptors (Lipinski definition) is 24. The second-order valence-electron chi connectivity index (χ2n) is 33.6. The third kappa shape index (κ3) is 9.72. The van der Waals surface area contributed by atoms with Gasteiger partial charge in [0.1, 0.15) is 48.1 Å². The molecule has 0 radical (unpaired) electrons. The van der Waals surface area contributed by atoms with E-state index >= 15 is 0 Å². The fourth-order valence-corrected chi connectivity index (χ4v) is 25.5. The lowest BCUT2D eigenvalue weighted by molar-refractivity contribution is -0.239. The van der Waals surface area contributed by atoms with Gasteiger partial charge in [0.2, 0.25) is 5.60 Å². The van der Waals surface area contributed by atoms with Crippen LogP contribution in [0.3, 0.4) is 0 Å². The van der Waals surface area contributed by atoms with Gasteiger partial charge in [-0.25, -0.2) is 9.59 Å². The van der Waals surface area contributed by atoms with Crippen molar-refractivity contribution in [3.63, 3.8) is 0 Å². The fraction of sp³-hybridized carbons (Fsp3) is 0.800. The zero-order valence-electron chi connectivity index (χ0n) is 60.1. The van der Waals surface area contributed by atoms with Gasteiger partial charge in [-0.1, -0.05) is 76.7 Å². The predicted octanol–water partition coefficient (Wildman–Crippen LogP) is 6.95. The average molecular weight is 1390 g/mol. The minimum absolute atomic E-state index is 0. The Morgan fingerprint density at radius 1 is 0.475 bits per heavy atom. The van der Waals surface area contributed by atoms with Crippen LogP contribution in [0.4, 0.5) is 0 Å². The molecule has 4 heterocycles. The van der Waals surface area contributed by atoms with Crippen molar-refractivity contribution in [1.82, 2.24) is 0 Å². The maximum Gasteiger partial charge on any atom is 0.356 e. The molecule has 0 aromatic rings. The van der Waals surface area contributed by atoms with Crippen molar-refractivity contribution in [1.29, 1.82) is 0 Å². The van der Waals surface area contributed by atoms with Gasteiger partial charge in [0.25, 0.3) is 0 Å². The summed E-state index contributed by atoms with van der Waals surface area (Å²) in [5, 5.41) is 36.0. The topological polar surface area (TPSA) is 347 Å². The van der Waals surface area contributed by atoms with E-state index in [2.05, 4.69) is 60.1 Å². The van der Waals surface area contributed by atoms with Crippen LogP contribution in [0.5, 0.6) is 0 Å². The first kappa shape index (κ1) is 74.2. The lowest BCUT2D eigenvalue weighted by Crippen LogP contribution is -2.71. The Hall–Kier alpha value is -5.95. The maximum absolute atomic E-state index is 14.9. The van der Waals surface area contributed by atoms with Crippen LogP contribution in [0.1, 0.15) is 166 Å². The van der Waals surface area contributed by atoms with Crippen LogP contribution in [0, 0.1) is 139 Å². The quantitative estimate of drug-likeness (QED) is 0.108. The first-order valence-electron chi connectivity index (χ1n) is 35.2. The predicted molar refractivity (Wildman–Crippen MR) is 345 cm³/mol. The van der Waals surface area contributed by atoms with E-state index in [0.29, 0.717) is 24.4 Å². The monoisotopic (exact) mass is 1390 g/mol. The van der Waals surface area contributed by atoms with Gasteiger partial charge in [0.15, 0.2) is 23.3 Å². The number of rotatable bonds is 5. The van der Waals surface area contributed by atoms with Crippen LogP contribution in [-0.4, -0.2) is 153 Å². The molecular formula is C75H104O24. The highest BCUT2D eigenvalue weighted by Gasteiger charge is 2.85. The lowest BCUT2D eigenvalue weighted by atomic mass is 9.38. The molecule has 24 heteroatoms. The highest BCUT2D eigenvalue weighted by Crippen LogP contribution is 2.80. The van der Waals surface area contributed by atoms with Gasteiger partial charge in [-0.2, -0.15) is 0 Å². The maximum atomic E-state index is 14.9. The number of aliphatic hydroxyl groups excluding tert-OH is 2. The number of ketones is 2. The number of allylic oxidation sites excluding steroid dienone is 2. The molecule has 0 aromatic heterocycles. The van der Waals surface area contributed by atoms with E-state index in [-0.39, 0.29) is 103 Å². The van der Waals surface area contributed by atoms with Crippen molar-refractivity contribution in [3.8, 4) is 0 Å². The van der Waals surface area contributed by atoms with Gasteiger partial charge in [-0.15, -0.1) is 0 Å². The number of fused-ring (bicyclic) bond motifs is 20. The normalized spacial score (nSPS) is 52.6. The van der Waals surface area contributed by atoms with Crippen molar-refractivity contribution < 1.29 is 115 Å². The minimum atomic E-state index is -1.85. The smallest absolute Gasteiger partial charge is 0.356 e. The van der Waals surface area contributed by atoms with Crippen LogP contribution < -0.4 is 0 Å². The number of epoxide rings is 2. The molecule has 24 nitrogen and oxygen atoms in total. The summed E-state index contributed by atoms with van der Waals surface area (Å²) in [6.07, 6.45) is -2.00. The Balaban J connectivity index is 0.000000183. The van der Waals surface area contributed by atoms with E-state index in [0.717, 1.165) is 0 Å². The second-order valence-corrected chi connectivity index (χ2v) is 33.6. The summed E-state index contributed by atoms with van der Waals surface area (Å²) in [6.45, 7) is 36.9. The summed E-state index contributed by atoms with van der Waals surface area (Å²) in [5.74, 6) is -11.0. The summed E-state index contributed by atoms with van der Waals surface area (Å²) in [7, 11) is 0. The molecular weight excluding hydrogens is 1280 g/mol. The van der Waals surface area contributed by atoms with E-state index in [1.165, 1.54) is 55.4 Å². The molecule has 36 atom stereocenters. The summed E-state index contributed by atoms with van der Waals surface area (Å²) in [4.78, 5) is 139. The largest absolute Gasteiger partial charge is 0.462 e. The molecule has 14 aliphatic rings. The number of hydrogen-bond donors (Lipinski definition) is 3. The highest BCUT2D eigenvalue weighted by molar-refractivity contribution is 5.91. The van der Waals surface area contributed by atoms with Crippen molar-refractivity contribution in [3.05, 3.63) is 23.7 Å². The molecule has 3 N–H and O–H groups in total. The van der Waals surface area contributed by atoms with Gasteiger partial charge in [-0.05, 0) is 129 Å². The van der Waals surface area contributed by atoms with E-state index in [4.69, 9.17) is 42.6 Å². The Morgan fingerprint density at radius 2 is 0.899 bits per heavy atom. The summed E-state index contributed by atoms with van der Waals surface area (Å²) < 4.78 is 58.0. The van der Waals surface area contributed by atoms with E-state index in [1.807, 2.05) is 39.8 Å². The standard InChI is InChI=1S/C38H50O12.C32H44O9.C4H6O3.CH4/c1-14-12-23-37(10,38(11,34(44)49-23)50-20(7)42)28-25(14)35(8)16(3)15(2)26-24(27(35)32(28)46-18(5)40)31(45-17(4)39)29(43)21-13-22-30(48-22)33(36(21,26)9)47-19(6)41;1-11-9-17-31(7,32(8,38)28(37)41-17)22-19(11)29(5)13(3)12(2)20-18(21(29)25(22)36)24(35)23(34)15-10-16-26(40-16)27(30(15,20)6)39-14(4)33;1-3(5)7-4(2)6;/h12,14-16,21-22,24-28,30-33H,13H2,1-11H3;9,11-13,15-16,18-22,24-27,35-36,38H,10H2,1-8H3;1-2H3;1H4/t14-,15-,16+,21-,22+,24-,25+,26?,27-,28+,30+,31-,32-,33+,35-,36+,37+,38-;11-,12-,13+,15-,16+,18-,19+,20?,21-,22+,24-,25-,26+,27+,29-,30+,31+,32-;;/m11../s1. The van der Waals surface area contributed by atoms with E-state index in [1.54, 1.807) is 6.92 Å². The Bertz CT molecular complexity index is 3540. The molecule has 0 spiro atoms. The number of esters is 9. The average Bonchev–Trinajstić information content (AvgIpc) is 1.49. The number of Topliss-reactive ketones (excluding diaryl/α,β-unsaturated/α-hetero) is 2. The zero-order chi connectivity index (χ0) is 72.6. The van der Waals surface area contributed by atoms with Crippen molar-refractivity contribution in [2.75, 3.05) is 0 Å². The molecule has 4 aliphatic heterocycles. The van der Waals surface area contributed by atoms with Crippen molar-refractivity contribution >= 4 is 65.3 Å². The van der Waals surface area contributed by atoms with Crippen LogP contribution in [-0.2, 0) is 100 Å². The summed E-state index contributed by atoms with van der Waals surface area (Å²) >= 11 is 0. The molecule has 99 heavy (non-hydrogen) atoms. The minimum Gasteiger partial charge on any atom is -0.462 e. The molecule has 10 aliphatic carbocycles. The van der Waals surface area contributed by atoms with Gasteiger partial charge in [0.05, 0.1) is 29.1 Å². The van der Waals surface area contributed by atoms with Gasteiger partial charge < -0.3 is 62.7 Å². The number of carbonyl (C=O) groups excluding carboxylic acids is 11.